The molecule has 4 rings (SSSR count). The predicted octanol–water partition coefficient (Wildman–Crippen LogP) is 3.26. The Morgan fingerprint density at radius 2 is 1.88 bits per heavy atom. The van der Waals surface area contributed by atoms with E-state index < -0.39 is 30.6 Å². The van der Waals surface area contributed by atoms with Gasteiger partial charge in [0.1, 0.15) is 5.82 Å². The molecule has 178 valence electrons. The molecular weight excluding hydrogens is 460 g/mol. The Kier molecular flexibility index (Phi) is 6.33. The molecule has 1 fully saturated rings. The highest BCUT2D eigenvalue weighted by molar-refractivity contribution is 5.98. The number of carbonyl (C=O) groups excluding carboxylic acids is 3. The summed E-state index contributed by atoms with van der Waals surface area (Å²) in [6.07, 6.45) is -4.87. The maximum Gasteiger partial charge on any atom is 0.491 e. The maximum absolute atomic E-state index is 13.2. The fourth-order valence-corrected chi connectivity index (χ4v) is 3.74. The number of nitrogens with zero attached hydrogens (tertiary/aromatic N) is 2. The summed E-state index contributed by atoms with van der Waals surface area (Å²) in [4.78, 5) is 36.4. The molecule has 8 nitrogen and oxygen atoms in total. The molecule has 0 saturated carbocycles. The van der Waals surface area contributed by atoms with E-state index in [1.54, 1.807) is 30.3 Å². The van der Waals surface area contributed by atoms with Crippen LogP contribution < -0.4 is 5.32 Å². The molecule has 34 heavy (non-hydrogen) atoms. The molecule has 0 aliphatic carbocycles. The molecule has 1 unspecified atom stereocenters. The van der Waals surface area contributed by atoms with Crippen LogP contribution in [0.25, 0.3) is 22.2 Å². The molecule has 2 N–H and O–H groups in total. The maximum atomic E-state index is 13.2. The Labute approximate surface area is 189 Å². The Bertz CT molecular complexity index is 1240. The van der Waals surface area contributed by atoms with Crippen molar-refractivity contribution in [2.24, 2.45) is 5.92 Å². The van der Waals surface area contributed by atoms with Gasteiger partial charge in [-0.25, -0.2) is 9.18 Å². The van der Waals surface area contributed by atoms with Crippen molar-refractivity contribution < 1.29 is 36.7 Å². The van der Waals surface area contributed by atoms with Crippen LogP contribution in [0.5, 0.6) is 0 Å². The number of amides is 1. The number of hydrogen-bond donors (Lipinski definition) is 2. The Hall–Kier alpha value is -3.80. The lowest BCUT2D eigenvalue weighted by atomic mass is 10.1. The van der Waals surface area contributed by atoms with Crippen LogP contribution in [0.1, 0.15) is 6.42 Å². The van der Waals surface area contributed by atoms with E-state index in [1.807, 2.05) is 0 Å². The molecule has 1 aliphatic rings. The number of H-pyrrole nitrogens is 1. The SMILES string of the molecule is O=C(CN1CCC(C(=O)Nc2ccc3c(-c4ccc(F)cc4)n[nH]c3c2)C1)OC(=O)C(F)(F)F. The molecule has 1 atom stereocenters. The van der Waals surface area contributed by atoms with Gasteiger partial charge in [0.15, 0.2) is 0 Å². The standard InChI is InChI=1S/C22H18F4N4O4/c23-14-3-1-12(2-4-14)19-16-6-5-15(9-17(16)28-29-19)27-20(32)13-7-8-30(10-13)11-18(31)34-21(33)22(24,25)26/h1-6,9,13H,7-8,10-11H2,(H,27,32)(H,28,29). The molecule has 1 amide bonds. The monoisotopic (exact) mass is 478 g/mol. The Balaban J connectivity index is 1.35. The number of nitrogens with one attached hydrogen (secondary N) is 2. The predicted molar refractivity (Wildman–Crippen MR) is 112 cm³/mol. The quantitative estimate of drug-likeness (QED) is 0.332. The van der Waals surface area contributed by atoms with Crippen LogP contribution in [0.2, 0.25) is 0 Å². The molecule has 0 bridgehead atoms. The molecule has 12 heteroatoms. The van der Waals surface area contributed by atoms with Crippen molar-refractivity contribution in [1.82, 2.24) is 15.1 Å². The molecule has 1 saturated heterocycles. The van der Waals surface area contributed by atoms with Gasteiger partial charge >= 0.3 is 18.1 Å². The zero-order chi connectivity index (χ0) is 24.5. The number of fused-ring (bicyclic) bond motifs is 1. The summed E-state index contributed by atoms with van der Waals surface area (Å²) in [5.41, 5.74) is 2.52. The summed E-state index contributed by atoms with van der Waals surface area (Å²) in [6, 6.07) is 11.0. The number of benzene rings is 2. The average molecular weight is 478 g/mol. The number of alkyl halides is 3. The van der Waals surface area contributed by atoms with Crippen molar-refractivity contribution in [3.05, 3.63) is 48.3 Å². The van der Waals surface area contributed by atoms with E-state index in [9.17, 15) is 31.9 Å². The normalized spacial score (nSPS) is 16.5. The highest BCUT2D eigenvalue weighted by Gasteiger charge is 2.42. The molecule has 0 radical (unpaired) electrons. The Morgan fingerprint density at radius 3 is 2.59 bits per heavy atom. The van der Waals surface area contributed by atoms with Crippen molar-refractivity contribution in [2.45, 2.75) is 12.6 Å². The number of esters is 2. The first-order valence-corrected chi connectivity index (χ1v) is 10.2. The molecule has 1 aromatic heterocycles. The fraction of sp³-hybridized carbons (Fsp3) is 0.273. The number of halogens is 4. The van der Waals surface area contributed by atoms with Crippen molar-refractivity contribution in [3.63, 3.8) is 0 Å². The molecule has 3 aromatic rings. The third kappa shape index (κ3) is 5.22. The second-order valence-corrected chi connectivity index (χ2v) is 7.81. The van der Waals surface area contributed by atoms with Crippen LogP contribution in [0.4, 0.5) is 23.2 Å². The van der Waals surface area contributed by atoms with E-state index in [1.165, 1.54) is 17.0 Å². The van der Waals surface area contributed by atoms with Gasteiger partial charge in [-0.3, -0.25) is 19.6 Å². The highest BCUT2D eigenvalue weighted by atomic mass is 19.4. The average Bonchev–Trinajstić information content (AvgIpc) is 3.40. The van der Waals surface area contributed by atoms with Gasteiger partial charge in [0.2, 0.25) is 5.91 Å². The van der Waals surface area contributed by atoms with Crippen molar-refractivity contribution in [1.29, 1.82) is 0 Å². The van der Waals surface area contributed by atoms with Gasteiger partial charge in [-0.1, -0.05) is 0 Å². The van der Waals surface area contributed by atoms with E-state index >= 15 is 0 Å². The van der Waals surface area contributed by atoms with Gasteiger partial charge in [0, 0.05) is 23.2 Å². The summed E-state index contributed by atoms with van der Waals surface area (Å²) >= 11 is 0. The summed E-state index contributed by atoms with van der Waals surface area (Å²) in [7, 11) is 0. The van der Waals surface area contributed by atoms with Gasteiger partial charge in [-0.2, -0.15) is 18.3 Å². The summed E-state index contributed by atoms with van der Waals surface area (Å²) in [5, 5.41) is 10.7. The first-order valence-electron chi connectivity index (χ1n) is 10.2. The van der Waals surface area contributed by atoms with Crippen LogP contribution in [0, 0.1) is 11.7 Å². The fourth-order valence-electron chi connectivity index (χ4n) is 3.74. The van der Waals surface area contributed by atoms with E-state index in [0.717, 1.165) is 10.9 Å². The van der Waals surface area contributed by atoms with Crippen molar-refractivity contribution in [3.8, 4) is 11.3 Å². The van der Waals surface area contributed by atoms with Gasteiger partial charge in [0.05, 0.1) is 23.7 Å². The number of ether oxygens (including phenoxy) is 1. The number of carbonyl (C=O) groups is 3. The van der Waals surface area contributed by atoms with Crippen LogP contribution in [0.15, 0.2) is 42.5 Å². The number of likely N-dealkylation sites (tertiary alicyclic amines) is 1. The van der Waals surface area contributed by atoms with Crippen LogP contribution in [-0.2, 0) is 19.1 Å². The third-order valence-electron chi connectivity index (χ3n) is 5.38. The van der Waals surface area contributed by atoms with E-state index in [4.69, 9.17) is 0 Å². The van der Waals surface area contributed by atoms with Crippen molar-refractivity contribution >= 4 is 34.4 Å². The van der Waals surface area contributed by atoms with E-state index in [-0.39, 0.29) is 24.8 Å². The van der Waals surface area contributed by atoms with Crippen molar-refractivity contribution in [2.75, 3.05) is 25.0 Å². The first kappa shape index (κ1) is 23.4. The minimum Gasteiger partial charge on any atom is -0.385 e. The van der Waals surface area contributed by atoms with Crippen LogP contribution in [0.3, 0.4) is 0 Å². The Morgan fingerprint density at radius 1 is 1.15 bits per heavy atom. The largest absolute Gasteiger partial charge is 0.491 e. The smallest absolute Gasteiger partial charge is 0.385 e. The molecular formula is C22H18F4N4O4. The van der Waals surface area contributed by atoms with Gasteiger partial charge in [0.25, 0.3) is 0 Å². The molecule has 2 heterocycles. The number of aromatic amines is 1. The summed E-state index contributed by atoms with van der Waals surface area (Å²) in [5.74, 6) is -5.07. The van der Waals surface area contributed by atoms with Gasteiger partial charge in [-0.05, 0) is 55.4 Å². The zero-order valence-corrected chi connectivity index (χ0v) is 17.5. The second kappa shape index (κ2) is 9.21. The first-order chi connectivity index (χ1) is 16.1. The molecule has 2 aromatic carbocycles. The topological polar surface area (TPSA) is 104 Å². The molecule has 0 spiro atoms. The number of rotatable bonds is 5. The molecule has 1 aliphatic heterocycles. The minimum atomic E-state index is -5.25. The summed E-state index contributed by atoms with van der Waals surface area (Å²) in [6.45, 7) is -0.117. The summed E-state index contributed by atoms with van der Waals surface area (Å²) < 4.78 is 53.5. The van der Waals surface area contributed by atoms with Gasteiger partial charge < -0.3 is 10.1 Å². The number of aromatic nitrogens is 2. The van der Waals surface area contributed by atoms with Crippen LogP contribution in [-0.4, -0.2) is 58.8 Å². The minimum absolute atomic E-state index is 0.127. The second-order valence-electron chi connectivity index (χ2n) is 7.81. The third-order valence-corrected chi connectivity index (χ3v) is 5.38. The van der Waals surface area contributed by atoms with Crippen LogP contribution >= 0.6 is 0 Å². The lowest BCUT2D eigenvalue weighted by molar-refractivity contribution is -0.202. The lowest BCUT2D eigenvalue weighted by Crippen LogP contribution is -2.35. The van der Waals surface area contributed by atoms with E-state index in [0.29, 0.717) is 23.3 Å². The number of anilines is 1. The lowest BCUT2D eigenvalue weighted by Gasteiger charge is -2.15. The zero-order valence-electron chi connectivity index (χ0n) is 17.5. The highest BCUT2D eigenvalue weighted by Crippen LogP contribution is 2.29. The van der Waals surface area contributed by atoms with Gasteiger partial charge in [-0.15, -0.1) is 0 Å². The number of hydrogen-bond acceptors (Lipinski definition) is 6. The van der Waals surface area contributed by atoms with E-state index in [2.05, 4.69) is 20.3 Å².